The highest BCUT2D eigenvalue weighted by molar-refractivity contribution is 5.67. The van der Waals surface area contributed by atoms with E-state index in [0.29, 0.717) is 17.9 Å². The van der Waals surface area contributed by atoms with Gasteiger partial charge in [0.2, 0.25) is 5.82 Å². The van der Waals surface area contributed by atoms with Gasteiger partial charge in [0.1, 0.15) is 0 Å². The van der Waals surface area contributed by atoms with Crippen LogP contribution in [0.15, 0.2) is 37.2 Å². The van der Waals surface area contributed by atoms with Crippen molar-refractivity contribution in [3.8, 4) is 0 Å². The van der Waals surface area contributed by atoms with Crippen LogP contribution in [-0.2, 0) is 0 Å². The zero-order chi connectivity index (χ0) is 10.4. The first-order valence-corrected chi connectivity index (χ1v) is 3.99. The van der Waals surface area contributed by atoms with E-state index in [-0.39, 0.29) is 0 Å². The second-order valence-corrected chi connectivity index (χ2v) is 2.59. The van der Waals surface area contributed by atoms with Gasteiger partial charge in [-0.25, -0.2) is 0 Å². The molecule has 0 saturated carbocycles. The van der Waals surface area contributed by atoms with Crippen LogP contribution in [0.1, 0.15) is 5.82 Å². The maximum absolute atomic E-state index is 5.36. The topological polar surface area (TPSA) is 77.6 Å². The summed E-state index contributed by atoms with van der Waals surface area (Å²) in [6.07, 6.45) is 4.76. The first-order chi connectivity index (χ1) is 6.74. The monoisotopic (exact) mass is 189 g/mol. The Kier molecular flexibility index (Phi) is 3.63. The summed E-state index contributed by atoms with van der Waals surface area (Å²) in [4.78, 5) is 0. The Labute approximate surface area is 82.1 Å². The lowest BCUT2D eigenvalue weighted by Gasteiger charge is -1.95. The van der Waals surface area contributed by atoms with Crippen molar-refractivity contribution in [2.45, 2.75) is 0 Å². The zero-order valence-electron chi connectivity index (χ0n) is 7.72. The van der Waals surface area contributed by atoms with Crippen molar-refractivity contribution >= 4 is 5.57 Å². The maximum atomic E-state index is 5.36. The standard InChI is InChI=1S/C9H11N5/c1-7(5-10)3-4-8(2)9-13-11-6-12-14-9/h3-4,6H,1-2,5,10H2/b4-3-. The van der Waals surface area contributed by atoms with E-state index in [0.717, 1.165) is 5.57 Å². The van der Waals surface area contributed by atoms with E-state index in [4.69, 9.17) is 5.73 Å². The highest BCUT2D eigenvalue weighted by Crippen LogP contribution is 2.06. The molecule has 0 bridgehead atoms. The van der Waals surface area contributed by atoms with Gasteiger partial charge in [-0.15, -0.1) is 20.4 Å². The van der Waals surface area contributed by atoms with Gasteiger partial charge < -0.3 is 5.73 Å². The quantitative estimate of drug-likeness (QED) is 0.691. The predicted octanol–water partition coefficient (Wildman–Crippen LogP) is 0.351. The van der Waals surface area contributed by atoms with E-state index in [1.807, 2.05) is 0 Å². The third-order valence-corrected chi connectivity index (χ3v) is 1.48. The zero-order valence-corrected chi connectivity index (χ0v) is 7.72. The van der Waals surface area contributed by atoms with E-state index < -0.39 is 0 Å². The summed E-state index contributed by atoms with van der Waals surface area (Å²) in [5, 5.41) is 14.7. The summed E-state index contributed by atoms with van der Waals surface area (Å²) in [6.45, 7) is 7.88. The van der Waals surface area contributed by atoms with Crippen LogP contribution in [-0.4, -0.2) is 26.9 Å². The Morgan fingerprint density at radius 3 is 2.50 bits per heavy atom. The fourth-order valence-corrected chi connectivity index (χ4v) is 0.694. The minimum atomic E-state index is 0.397. The van der Waals surface area contributed by atoms with Crippen LogP contribution < -0.4 is 5.73 Å². The largest absolute Gasteiger partial charge is 0.327 e. The average Bonchev–Trinajstić information content (AvgIpc) is 2.26. The van der Waals surface area contributed by atoms with Crippen molar-refractivity contribution in [3.63, 3.8) is 0 Å². The summed E-state index contributed by atoms with van der Waals surface area (Å²) in [5.74, 6) is 0.397. The van der Waals surface area contributed by atoms with E-state index in [9.17, 15) is 0 Å². The predicted molar refractivity (Wildman–Crippen MR) is 54.0 cm³/mol. The van der Waals surface area contributed by atoms with Crippen molar-refractivity contribution in [2.75, 3.05) is 6.54 Å². The molecule has 0 atom stereocenters. The van der Waals surface area contributed by atoms with Crippen LogP contribution in [0.2, 0.25) is 0 Å². The molecule has 1 aromatic heterocycles. The first kappa shape index (κ1) is 10.2. The fourth-order valence-electron chi connectivity index (χ4n) is 0.694. The lowest BCUT2D eigenvalue weighted by Crippen LogP contribution is -1.99. The van der Waals surface area contributed by atoms with Gasteiger partial charge in [-0.05, 0) is 5.57 Å². The number of hydrogen-bond donors (Lipinski definition) is 1. The minimum Gasteiger partial charge on any atom is -0.327 e. The summed E-state index contributed by atoms with van der Waals surface area (Å²) in [7, 11) is 0. The van der Waals surface area contributed by atoms with Gasteiger partial charge in [0.25, 0.3) is 0 Å². The molecule has 0 aliphatic heterocycles. The molecule has 0 aliphatic rings. The van der Waals surface area contributed by atoms with Crippen molar-refractivity contribution < 1.29 is 0 Å². The smallest absolute Gasteiger partial charge is 0.203 e. The van der Waals surface area contributed by atoms with E-state index in [1.54, 1.807) is 12.2 Å². The molecule has 0 aliphatic carbocycles. The molecular weight excluding hydrogens is 178 g/mol. The van der Waals surface area contributed by atoms with Crippen LogP contribution >= 0.6 is 0 Å². The highest BCUT2D eigenvalue weighted by atomic mass is 15.3. The molecule has 72 valence electrons. The molecule has 0 unspecified atom stereocenters. The minimum absolute atomic E-state index is 0.397. The van der Waals surface area contributed by atoms with Gasteiger partial charge >= 0.3 is 0 Å². The van der Waals surface area contributed by atoms with Crippen LogP contribution in [0.4, 0.5) is 0 Å². The molecule has 0 saturated heterocycles. The van der Waals surface area contributed by atoms with Gasteiger partial charge in [-0.1, -0.05) is 25.3 Å². The van der Waals surface area contributed by atoms with E-state index >= 15 is 0 Å². The molecule has 1 rings (SSSR count). The average molecular weight is 189 g/mol. The molecule has 0 radical (unpaired) electrons. The number of hydrogen-bond acceptors (Lipinski definition) is 5. The maximum Gasteiger partial charge on any atom is 0.203 e. The Morgan fingerprint density at radius 1 is 1.29 bits per heavy atom. The molecule has 1 aromatic rings. The molecular formula is C9H11N5. The van der Waals surface area contributed by atoms with Crippen molar-refractivity contribution in [3.05, 3.63) is 43.0 Å². The lowest BCUT2D eigenvalue weighted by atomic mass is 10.2. The summed E-state index contributed by atoms with van der Waals surface area (Å²) < 4.78 is 0. The van der Waals surface area contributed by atoms with Crippen LogP contribution in [0.3, 0.4) is 0 Å². The van der Waals surface area contributed by atoms with Gasteiger partial charge in [0, 0.05) is 12.1 Å². The third-order valence-electron chi connectivity index (χ3n) is 1.48. The number of nitrogens with two attached hydrogens (primary N) is 1. The molecule has 5 heteroatoms. The number of nitrogens with zero attached hydrogens (tertiary/aromatic N) is 4. The normalized spacial score (nSPS) is 10.4. The summed E-state index contributed by atoms with van der Waals surface area (Å²) in [5.41, 5.74) is 6.79. The van der Waals surface area contributed by atoms with Crippen molar-refractivity contribution in [1.29, 1.82) is 0 Å². The summed E-state index contributed by atoms with van der Waals surface area (Å²) in [6, 6.07) is 0. The molecule has 0 aromatic carbocycles. The van der Waals surface area contributed by atoms with E-state index in [2.05, 4.69) is 33.6 Å². The number of allylic oxidation sites excluding steroid dienone is 2. The Balaban J connectivity index is 2.69. The highest BCUT2D eigenvalue weighted by Gasteiger charge is 1.97. The van der Waals surface area contributed by atoms with Crippen LogP contribution in [0.25, 0.3) is 5.57 Å². The van der Waals surface area contributed by atoms with Crippen LogP contribution in [0, 0.1) is 0 Å². The molecule has 14 heavy (non-hydrogen) atoms. The molecule has 2 N–H and O–H groups in total. The van der Waals surface area contributed by atoms with Gasteiger partial charge in [-0.3, -0.25) is 0 Å². The lowest BCUT2D eigenvalue weighted by molar-refractivity contribution is 0.835. The molecule has 1 heterocycles. The van der Waals surface area contributed by atoms with Gasteiger partial charge in [0.05, 0.1) is 0 Å². The Hall–Kier alpha value is -1.88. The second kappa shape index (κ2) is 4.98. The molecule has 5 nitrogen and oxygen atoms in total. The van der Waals surface area contributed by atoms with Gasteiger partial charge in [-0.2, -0.15) is 0 Å². The molecule has 0 amide bonds. The third kappa shape index (κ3) is 2.87. The van der Waals surface area contributed by atoms with Crippen molar-refractivity contribution in [1.82, 2.24) is 20.4 Å². The van der Waals surface area contributed by atoms with Gasteiger partial charge in [0.15, 0.2) is 6.33 Å². The number of aromatic nitrogens is 4. The fraction of sp³-hybridized carbons (Fsp3) is 0.111. The molecule has 0 spiro atoms. The number of rotatable bonds is 4. The summed E-state index contributed by atoms with van der Waals surface area (Å²) >= 11 is 0. The van der Waals surface area contributed by atoms with E-state index in [1.165, 1.54) is 6.33 Å². The molecule has 0 fully saturated rings. The van der Waals surface area contributed by atoms with Crippen molar-refractivity contribution in [2.24, 2.45) is 5.73 Å². The van der Waals surface area contributed by atoms with Crippen LogP contribution in [0.5, 0.6) is 0 Å². The first-order valence-electron chi connectivity index (χ1n) is 3.99. The Morgan fingerprint density at radius 2 is 1.93 bits per heavy atom. The SMILES string of the molecule is C=C(/C=C\C(=C)c1nncnn1)CN. The second-order valence-electron chi connectivity index (χ2n) is 2.59. The Bertz CT molecular complexity index is 355.